The van der Waals surface area contributed by atoms with E-state index in [1.165, 1.54) is 0 Å². The maximum Gasteiger partial charge on any atom is 0.150 e. The highest BCUT2D eigenvalue weighted by Crippen LogP contribution is 2.04. The van der Waals surface area contributed by atoms with Gasteiger partial charge in [0.1, 0.15) is 0 Å². The SMILES string of the molecule is CC(F)N1CCN(C)CC1. The standard InChI is InChI=1S/C7H15FN2/c1-7(8)10-5-3-9(2)4-6-10/h7H,3-6H2,1-2H3. The lowest BCUT2D eigenvalue weighted by Crippen LogP contribution is -2.46. The molecule has 0 radical (unpaired) electrons. The smallest absolute Gasteiger partial charge is 0.150 e. The second-order valence-corrected chi connectivity index (χ2v) is 2.91. The van der Waals surface area contributed by atoms with Gasteiger partial charge in [-0.15, -0.1) is 0 Å². The molecule has 0 aromatic carbocycles. The predicted molar refractivity (Wildman–Crippen MR) is 39.6 cm³/mol. The van der Waals surface area contributed by atoms with Crippen molar-refractivity contribution in [1.29, 1.82) is 0 Å². The molecule has 1 unspecified atom stereocenters. The van der Waals surface area contributed by atoms with Crippen LogP contribution in [0.25, 0.3) is 0 Å². The van der Waals surface area contributed by atoms with Crippen molar-refractivity contribution in [2.45, 2.75) is 13.2 Å². The van der Waals surface area contributed by atoms with Crippen LogP contribution < -0.4 is 0 Å². The Morgan fingerprint density at radius 2 is 1.70 bits per heavy atom. The maximum atomic E-state index is 12.6. The summed E-state index contributed by atoms with van der Waals surface area (Å²) in [6, 6.07) is 0. The first-order valence-electron chi connectivity index (χ1n) is 3.77. The van der Waals surface area contributed by atoms with E-state index in [2.05, 4.69) is 11.9 Å². The van der Waals surface area contributed by atoms with Gasteiger partial charge in [-0.1, -0.05) is 0 Å². The van der Waals surface area contributed by atoms with Gasteiger partial charge in [0.25, 0.3) is 0 Å². The zero-order valence-corrected chi connectivity index (χ0v) is 6.68. The normalized spacial score (nSPS) is 26.7. The summed E-state index contributed by atoms with van der Waals surface area (Å²) in [5.41, 5.74) is 0. The van der Waals surface area contributed by atoms with E-state index < -0.39 is 6.30 Å². The molecule has 0 bridgehead atoms. The lowest BCUT2D eigenvalue weighted by atomic mass is 10.3. The van der Waals surface area contributed by atoms with E-state index in [-0.39, 0.29) is 0 Å². The summed E-state index contributed by atoms with van der Waals surface area (Å²) < 4.78 is 12.6. The van der Waals surface area contributed by atoms with Crippen LogP contribution in [-0.2, 0) is 0 Å². The fourth-order valence-electron chi connectivity index (χ4n) is 1.18. The van der Waals surface area contributed by atoms with Crippen molar-refractivity contribution in [3.8, 4) is 0 Å². The second-order valence-electron chi connectivity index (χ2n) is 2.91. The highest BCUT2D eigenvalue weighted by molar-refractivity contribution is 4.69. The van der Waals surface area contributed by atoms with Gasteiger partial charge >= 0.3 is 0 Å². The molecule has 1 aliphatic rings. The largest absolute Gasteiger partial charge is 0.304 e. The van der Waals surface area contributed by atoms with Crippen molar-refractivity contribution in [3.05, 3.63) is 0 Å². The summed E-state index contributed by atoms with van der Waals surface area (Å²) in [6.45, 7) is 5.33. The molecule has 0 aromatic rings. The zero-order chi connectivity index (χ0) is 7.56. The maximum absolute atomic E-state index is 12.6. The third-order valence-electron chi connectivity index (χ3n) is 2.04. The Hall–Kier alpha value is -0.150. The first-order valence-corrected chi connectivity index (χ1v) is 3.77. The third-order valence-corrected chi connectivity index (χ3v) is 2.04. The summed E-state index contributed by atoms with van der Waals surface area (Å²) in [5, 5.41) is 0. The summed E-state index contributed by atoms with van der Waals surface area (Å²) >= 11 is 0. The van der Waals surface area contributed by atoms with Crippen molar-refractivity contribution < 1.29 is 4.39 Å². The van der Waals surface area contributed by atoms with Gasteiger partial charge < -0.3 is 4.90 Å². The molecule has 3 heteroatoms. The van der Waals surface area contributed by atoms with Crippen LogP contribution in [0.3, 0.4) is 0 Å². The number of rotatable bonds is 1. The van der Waals surface area contributed by atoms with E-state index in [0.29, 0.717) is 0 Å². The Labute approximate surface area is 61.6 Å². The average Bonchev–Trinajstić information content (AvgIpc) is 1.88. The van der Waals surface area contributed by atoms with Crippen LogP contribution in [0.4, 0.5) is 4.39 Å². The quantitative estimate of drug-likeness (QED) is 0.498. The number of hydrogen-bond acceptors (Lipinski definition) is 2. The minimum atomic E-state index is -0.770. The van der Waals surface area contributed by atoms with Gasteiger partial charge in [0.05, 0.1) is 0 Å². The molecular formula is C7H15FN2. The molecule has 1 aliphatic heterocycles. The molecule has 1 fully saturated rings. The molecule has 2 nitrogen and oxygen atoms in total. The molecule has 60 valence electrons. The Morgan fingerprint density at radius 3 is 2.10 bits per heavy atom. The summed E-state index contributed by atoms with van der Waals surface area (Å²) in [6.07, 6.45) is -0.770. The van der Waals surface area contributed by atoms with E-state index in [4.69, 9.17) is 0 Å². The molecule has 0 aromatic heterocycles. The number of hydrogen-bond donors (Lipinski definition) is 0. The Morgan fingerprint density at radius 1 is 1.20 bits per heavy atom. The van der Waals surface area contributed by atoms with E-state index in [9.17, 15) is 4.39 Å². The minimum absolute atomic E-state index is 0.770. The Kier molecular flexibility index (Phi) is 2.63. The lowest BCUT2D eigenvalue weighted by Gasteiger charge is -2.32. The molecule has 1 atom stereocenters. The van der Waals surface area contributed by atoms with Crippen LogP contribution in [0.15, 0.2) is 0 Å². The number of piperazine rings is 1. The van der Waals surface area contributed by atoms with Gasteiger partial charge in [-0.05, 0) is 14.0 Å². The van der Waals surface area contributed by atoms with E-state index in [1.807, 2.05) is 4.90 Å². The summed E-state index contributed by atoms with van der Waals surface area (Å²) in [7, 11) is 2.07. The molecule has 1 saturated heterocycles. The topological polar surface area (TPSA) is 6.48 Å². The van der Waals surface area contributed by atoms with Crippen LogP contribution in [-0.4, -0.2) is 49.3 Å². The molecule has 0 N–H and O–H groups in total. The first-order chi connectivity index (χ1) is 4.70. The number of likely N-dealkylation sites (N-methyl/N-ethyl adjacent to an activating group) is 1. The highest BCUT2D eigenvalue weighted by atomic mass is 19.1. The van der Waals surface area contributed by atoms with Crippen LogP contribution in [0, 0.1) is 0 Å². The van der Waals surface area contributed by atoms with Crippen LogP contribution in [0.5, 0.6) is 0 Å². The fraction of sp³-hybridized carbons (Fsp3) is 1.00. The van der Waals surface area contributed by atoms with Crippen LogP contribution in [0.2, 0.25) is 0 Å². The minimum Gasteiger partial charge on any atom is -0.304 e. The second kappa shape index (κ2) is 3.30. The average molecular weight is 146 g/mol. The Bertz CT molecular complexity index is 97.8. The van der Waals surface area contributed by atoms with Crippen LogP contribution >= 0.6 is 0 Å². The Balaban J connectivity index is 2.26. The lowest BCUT2D eigenvalue weighted by molar-refractivity contribution is 0.0512. The van der Waals surface area contributed by atoms with Crippen molar-refractivity contribution in [2.75, 3.05) is 33.2 Å². The number of nitrogens with zero attached hydrogens (tertiary/aromatic N) is 2. The molecule has 10 heavy (non-hydrogen) atoms. The van der Waals surface area contributed by atoms with Gasteiger partial charge in [-0.2, -0.15) is 0 Å². The van der Waals surface area contributed by atoms with Crippen molar-refractivity contribution >= 4 is 0 Å². The summed E-state index contributed by atoms with van der Waals surface area (Å²) in [5.74, 6) is 0. The predicted octanol–water partition coefficient (Wildman–Crippen LogP) is 0.549. The molecule has 1 heterocycles. The van der Waals surface area contributed by atoms with Gasteiger partial charge in [-0.25, -0.2) is 4.39 Å². The van der Waals surface area contributed by atoms with Crippen molar-refractivity contribution in [1.82, 2.24) is 9.80 Å². The van der Waals surface area contributed by atoms with Gasteiger partial charge in [0.2, 0.25) is 0 Å². The molecule has 1 rings (SSSR count). The summed E-state index contributed by atoms with van der Waals surface area (Å²) in [4.78, 5) is 4.08. The molecule has 0 saturated carbocycles. The highest BCUT2D eigenvalue weighted by Gasteiger charge is 2.17. The molecule has 0 spiro atoms. The van der Waals surface area contributed by atoms with Crippen LogP contribution in [0.1, 0.15) is 6.92 Å². The molecule has 0 aliphatic carbocycles. The van der Waals surface area contributed by atoms with Gasteiger partial charge in [0, 0.05) is 26.2 Å². The van der Waals surface area contributed by atoms with E-state index >= 15 is 0 Å². The van der Waals surface area contributed by atoms with E-state index in [0.717, 1.165) is 26.2 Å². The zero-order valence-electron chi connectivity index (χ0n) is 6.68. The van der Waals surface area contributed by atoms with Crippen molar-refractivity contribution in [3.63, 3.8) is 0 Å². The molecular weight excluding hydrogens is 131 g/mol. The third kappa shape index (κ3) is 1.92. The molecule has 0 amide bonds. The van der Waals surface area contributed by atoms with Gasteiger partial charge in [0.15, 0.2) is 6.30 Å². The number of alkyl halides is 1. The van der Waals surface area contributed by atoms with Crippen molar-refractivity contribution in [2.24, 2.45) is 0 Å². The van der Waals surface area contributed by atoms with E-state index in [1.54, 1.807) is 6.92 Å². The number of halogens is 1. The van der Waals surface area contributed by atoms with Gasteiger partial charge in [-0.3, -0.25) is 4.90 Å². The monoisotopic (exact) mass is 146 g/mol. The first kappa shape index (κ1) is 7.95. The fourth-order valence-corrected chi connectivity index (χ4v) is 1.18.